The summed E-state index contributed by atoms with van der Waals surface area (Å²) in [6.07, 6.45) is 0. The van der Waals surface area contributed by atoms with Gasteiger partial charge < -0.3 is 10.6 Å². The molecule has 2 nitrogen and oxygen atoms in total. The third kappa shape index (κ3) is 1.97. The summed E-state index contributed by atoms with van der Waals surface area (Å²) in [5.41, 5.74) is 2.91. The van der Waals surface area contributed by atoms with Crippen LogP contribution < -0.4 is 10.6 Å². The fraction of sp³-hybridized carbons (Fsp3) is 0.500. The van der Waals surface area contributed by atoms with Crippen LogP contribution in [0.4, 0.5) is 0 Å². The topological polar surface area (TPSA) is 24.1 Å². The second-order valence-electron chi connectivity index (χ2n) is 4.20. The lowest BCUT2D eigenvalue weighted by Crippen LogP contribution is -2.31. The first-order chi connectivity index (χ1) is 6.77. The van der Waals surface area contributed by atoms with E-state index < -0.39 is 0 Å². The summed E-state index contributed by atoms with van der Waals surface area (Å²) in [7, 11) is 0. The first-order valence-corrected chi connectivity index (χ1v) is 5.32. The molecule has 76 valence electrons. The largest absolute Gasteiger partial charge is 0.313 e. The number of rotatable bonds is 3. The van der Waals surface area contributed by atoms with Gasteiger partial charge in [0, 0.05) is 25.2 Å². The maximum absolute atomic E-state index is 3.51. The molecule has 1 aromatic carbocycles. The maximum Gasteiger partial charge on any atom is 0.0452 e. The zero-order valence-corrected chi connectivity index (χ0v) is 8.88. The van der Waals surface area contributed by atoms with E-state index in [9.17, 15) is 0 Å². The Hall–Kier alpha value is -0.860. The Morgan fingerprint density at radius 1 is 1.43 bits per heavy atom. The minimum Gasteiger partial charge on any atom is -0.313 e. The van der Waals surface area contributed by atoms with Gasteiger partial charge in [-0.1, -0.05) is 38.1 Å². The Balaban J connectivity index is 2.03. The smallest absolute Gasteiger partial charge is 0.0452 e. The van der Waals surface area contributed by atoms with Crippen LogP contribution in [0.1, 0.15) is 31.0 Å². The van der Waals surface area contributed by atoms with Crippen LogP contribution in [0.5, 0.6) is 0 Å². The standard InChI is InChI=1S/C12H18N2/c1-9(2)13-8-12-11-6-4-3-5-10(11)7-14-12/h3-6,9,12-14H,7-8H2,1-2H3. The van der Waals surface area contributed by atoms with Crippen LogP contribution in [0.25, 0.3) is 0 Å². The summed E-state index contributed by atoms with van der Waals surface area (Å²) in [6.45, 7) is 6.40. The molecular formula is C12H18N2. The van der Waals surface area contributed by atoms with Crippen LogP contribution in [-0.2, 0) is 6.54 Å². The van der Waals surface area contributed by atoms with E-state index in [-0.39, 0.29) is 0 Å². The first-order valence-electron chi connectivity index (χ1n) is 5.32. The summed E-state index contributed by atoms with van der Waals surface area (Å²) >= 11 is 0. The van der Waals surface area contributed by atoms with Crippen molar-refractivity contribution in [2.45, 2.75) is 32.5 Å². The normalized spacial score (nSPS) is 20.1. The van der Waals surface area contributed by atoms with Gasteiger partial charge >= 0.3 is 0 Å². The van der Waals surface area contributed by atoms with Crippen LogP contribution in [0.3, 0.4) is 0 Å². The van der Waals surface area contributed by atoms with Crippen LogP contribution in [0.15, 0.2) is 24.3 Å². The summed E-state index contributed by atoms with van der Waals surface area (Å²) in [5, 5.41) is 6.98. The van der Waals surface area contributed by atoms with Crippen molar-refractivity contribution in [1.82, 2.24) is 10.6 Å². The maximum atomic E-state index is 3.51. The summed E-state index contributed by atoms with van der Waals surface area (Å²) in [5.74, 6) is 0. The summed E-state index contributed by atoms with van der Waals surface area (Å²) in [6, 6.07) is 9.71. The van der Waals surface area contributed by atoms with E-state index in [1.165, 1.54) is 11.1 Å². The predicted molar refractivity (Wildman–Crippen MR) is 59.2 cm³/mol. The van der Waals surface area contributed by atoms with E-state index in [0.717, 1.165) is 13.1 Å². The molecule has 0 fully saturated rings. The average Bonchev–Trinajstić information content (AvgIpc) is 2.58. The molecule has 1 unspecified atom stereocenters. The molecule has 0 spiro atoms. The van der Waals surface area contributed by atoms with Crippen molar-refractivity contribution in [2.75, 3.05) is 6.54 Å². The lowest BCUT2D eigenvalue weighted by Gasteiger charge is -2.15. The number of hydrogen-bond donors (Lipinski definition) is 2. The zero-order valence-electron chi connectivity index (χ0n) is 8.88. The van der Waals surface area contributed by atoms with Crippen molar-refractivity contribution in [3.63, 3.8) is 0 Å². The lowest BCUT2D eigenvalue weighted by atomic mass is 10.1. The number of benzene rings is 1. The number of hydrogen-bond acceptors (Lipinski definition) is 2. The quantitative estimate of drug-likeness (QED) is 0.760. The number of nitrogens with one attached hydrogen (secondary N) is 2. The van der Waals surface area contributed by atoms with E-state index in [1.807, 2.05) is 0 Å². The van der Waals surface area contributed by atoms with Crippen LogP contribution in [-0.4, -0.2) is 12.6 Å². The molecule has 1 heterocycles. The molecule has 0 amide bonds. The Morgan fingerprint density at radius 3 is 3.00 bits per heavy atom. The molecule has 1 aromatic rings. The van der Waals surface area contributed by atoms with E-state index in [2.05, 4.69) is 48.7 Å². The number of fused-ring (bicyclic) bond motifs is 1. The van der Waals surface area contributed by atoms with Crippen molar-refractivity contribution in [2.24, 2.45) is 0 Å². The van der Waals surface area contributed by atoms with Gasteiger partial charge in [-0.2, -0.15) is 0 Å². The second-order valence-corrected chi connectivity index (χ2v) is 4.20. The molecule has 0 bridgehead atoms. The molecule has 0 saturated heterocycles. The fourth-order valence-electron chi connectivity index (χ4n) is 1.91. The van der Waals surface area contributed by atoms with Gasteiger partial charge in [-0.25, -0.2) is 0 Å². The monoisotopic (exact) mass is 190 g/mol. The SMILES string of the molecule is CC(C)NCC1NCc2ccccc21. The molecule has 2 heteroatoms. The van der Waals surface area contributed by atoms with E-state index >= 15 is 0 Å². The molecule has 1 aliphatic rings. The van der Waals surface area contributed by atoms with Crippen LogP contribution >= 0.6 is 0 Å². The van der Waals surface area contributed by atoms with Crippen molar-refractivity contribution < 1.29 is 0 Å². The summed E-state index contributed by atoms with van der Waals surface area (Å²) in [4.78, 5) is 0. The van der Waals surface area contributed by atoms with Gasteiger partial charge in [0.1, 0.15) is 0 Å². The van der Waals surface area contributed by atoms with Gasteiger partial charge in [0.05, 0.1) is 0 Å². The molecule has 1 atom stereocenters. The van der Waals surface area contributed by atoms with Crippen LogP contribution in [0, 0.1) is 0 Å². The van der Waals surface area contributed by atoms with Gasteiger partial charge in [-0.15, -0.1) is 0 Å². The molecule has 0 aliphatic carbocycles. The Bertz CT molecular complexity index is 307. The van der Waals surface area contributed by atoms with Gasteiger partial charge in [-0.05, 0) is 11.1 Å². The Kier molecular flexibility index (Phi) is 2.85. The molecule has 2 rings (SSSR count). The molecule has 14 heavy (non-hydrogen) atoms. The second kappa shape index (κ2) is 4.11. The molecule has 0 radical (unpaired) electrons. The van der Waals surface area contributed by atoms with Gasteiger partial charge in [-0.3, -0.25) is 0 Å². The zero-order chi connectivity index (χ0) is 9.97. The van der Waals surface area contributed by atoms with E-state index in [1.54, 1.807) is 0 Å². The van der Waals surface area contributed by atoms with Gasteiger partial charge in [0.2, 0.25) is 0 Å². The molecule has 0 aromatic heterocycles. The highest BCUT2D eigenvalue weighted by molar-refractivity contribution is 5.33. The average molecular weight is 190 g/mol. The summed E-state index contributed by atoms with van der Waals surface area (Å²) < 4.78 is 0. The highest BCUT2D eigenvalue weighted by atomic mass is 15.0. The molecule has 0 saturated carbocycles. The van der Waals surface area contributed by atoms with Crippen molar-refractivity contribution in [3.05, 3.63) is 35.4 Å². The van der Waals surface area contributed by atoms with Gasteiger partial charge in [0.15, 0.2) is 0 Å². The molecule has 2 N–H and O–H groups in total. The molecule has 1 aliphatic heterocycles. The van der Waals surface area contributed by atoms with Crippen LogP contribution in [0.2, 0.25) is 0 Å². The minimum absolute atomic E-state index is 0.494. The van der Waals surface area contributed by atoms with Crippen molar-refractivity contribution >= 4 is 0 Å². The lowest BCUT2D eigenvalue weighted by molar-refractivity contribution is 0.489. The first kappa shape index (κ1) is 9.69. The van der Waals surface area contributed by atoms with Crippen molar-refractivity contribution in [3.8, 4) is 0 Å². The third-order valence-electron chi connectivity index (χ3n) is 2.70. The van der Waals surface area contributed by atoms with E-state index in [4.69, 9.17) is 0 Å². The third-order valence-corrected chi connectivity index (χ3v) is 2.70. The Morgan fingerprint density at radius 2 is 2.21 bits per heavy atom. The predicted octanol–water partition coefficient (Wildman–Crippen LogP) is 1.83. The molecular weight excluding hydrogens is 172 g/mol. The highest BCUT2D eigenvalue weighted by Gasteiger charge is 2.20. The van der Waals surface area contributed by atoms with Gasteiger partial charge in [0.25, 0.3) is 0 Å². The Labute approximate surface area is 85.7 Å². The minimum atomic E-state index is 0.494. The highest BCUT2D eigenvalue weighted by Crippen LogP contribution is 2.23. The van der Waals surface area contributed by atoms with Crippen molar-refractivity contribution in [1.29, 1.82) is 0 Å². The fourth-order valence-corrected chi connectivity index (χ4v) is 1.91. The van der Waals surface area contributed by atoms with E-state index in [0.29, 0.717) is 12.1 Å².